The molecule has 0 amide bonds. The lowest BCUT2D eigenvalue weighted by Gasteiger charge is -2.21. The van der Waals surface area contributed by atoms with Crippen LogP contribution in [0.5, 0.6) is 11.5 Å². The topological polar surface area (TPSA) is 18.5 Å². The molecule has 1 spiro atoms. The van der Waals surface area contributed by atoms with Gasteiger partial charge in [-0.1, -0.05) is 24.3 Å². The maximum absolute atomic E-state index is 6.20. The van der Waals surface area contributed by atoms with Crippen molar-refractivity contribution in [2.45, 2.75) is 38.4 Å². The van der Waals surface area contributed by atoms with E-state index in [1.54, 1.807) is 0 Å². The van der Waals surface area contributed by atoms with E-state index in [1.165, 1.54) is 29.2 Å². The first-order chi connectivity index (χ1) is 8.77. The van der Waals surface area contributed by atoms with Crippen LogP contribution in [0.15, 0.2) is 30.3 Å². The SMILES string of the molecule is Cc1cc2c(c3ccccc13)OC1(CCCC1)O2. The van der Waals surface area contributed by atoms with Gasteiger partial charge in [0.05, 0.1) is 0 Å². The minimum absolute atomic E-state index is 0.362. The summed E-state index contributed by atoms with van der Waals surface area (Å²) in [4.78, 5) is 0. The van der Waals surface area contributed by atoms with Crippen LogP contribution in [0.2, 0.25) is 0 Å². The third kappa shape index (κ3) is 1.29. The maximum atomic E-state index is 6.20. The van der Waals surface area contributed by atoms with Gasteiger partial charge in [0, 0.05) is 18.2 Å². The molecule has 2 aliphatic rings. The summed E-state index contributed by atoms with van der Waals surface area (Å²) in [6, 6.07) is 10.5. The minimum atomic E-state index is -0.362. The molecule has 18 heavy (non-hydrogen) atoms. The maximum Gasteiger partial charge on any atom is 0.251 e. The third-order valence-corrected chi connectivity index (χ3v) is 4.12. The smallest absolute Gasteiger partial charge is 0.251 e. The molecule has 0 unspecified atom stereocenters. The Morgan fingerprint density at radius 3 is 2.50 bits per heavy atom. The van der Waals surface area contributed by atoms with Gasteiger partial charge in [0.1, 0.15) is 0 Å². The highest BCUT2D eigenvalue weighted by Gasteiger charge is 2.44. The number of rotatable bonds is 0. The molecule has 0 N–H and O–H groups in total. The van der Waals surface area contributed by atoms with E-state index in [-0.39, 0.29) is 5.79 Å². The van der Waals surface area contributed by atoms with Crippen molar-refractivity contribution < 1.29 is 9.47 Å². The zero-order chi connectivity index (χ0) is 12.2. The highest BCUT2D eigenvalue weighted by molar-refractivity contribution is 5.93. The molecule has 1 aliphatic heterocycles. The summed E-state index contributed by atoms with van der Waals surface area (Å²) in [5.74, 6) is 1.50. The molecule has 4 rings (SSSR count). The first-order valence-corrected chi connectivity index (χ1v) is 6.68. The second kappa shape index (κ2) is 3.41. The average Bonchev–Trinajstić information content (AvgIpc) is 2.97. The Balaban J connectivity index is 1.93. The summed E-state index contributed by atoms with van der Waals surface area (Å²) in [7, 11) is 0. The van der Waals surface area contributed by atoms with Crippen LogP contribution < -0.4 is 9.47 Å². The first kappa shape index (κ1) is 10.2. The van der Waals surface area contributed by atoms with Gasteiger partial charge in [0.2, 0.25) is 0 Å². The Labute approximate surface area is 107 Å². The molecule has 1 aliphatic carbocycles. The lowest BCUT2D eigenvalue weighted by Crippen LogP contribution is -2.34. The van der Waals surface area contributed by atoms with Crippen LogP contribution in [0, 0.1) is 6.92 Å². The summed E-state index contributed by atoms with van der Waals surface area (Å²) in [6.45, 7) is 2.13. The predicted octanol–water partition coefficient (Wildman–Crippen LogP) is 4.19. The van der Waals surface area contributed by atoms with Gasteiger partial charge in [-0.05, 0) is 36.8 Å². The molecule has 2 aromatic carbocycles. The van der Waals surface area contributed by atoms with Crippen molar-refractivity contribution in [3.63, 3.8) is 0 Å². The molecule has 2 nitrogen and oxygen atoms in total. The van der Waals surface area contributed by atoms with Crippen LogP contribution in [-0.2, 0) is 0 Å². The molecular formula is C16H16O2. The van der Waals surface area contributed by atoms with Gasteiger partial charge < -0.3 is 9.47 Å². The predicted molar refractivity (Wildman–Crippen MR) is 71.1 cm³/mol. The van der Waals surface area contributed by atoms with Crippen molar-refractivity contribution in [1.82, 2.24) is 0 Å². The highest BCUT2D eigenvalue weighted by atomic mass is 16.7. The first-order valence-electron chi connectivity index (χ1n) is 6.68. The Hall–Kier alpha value is -1.70. The number of hydrogen-bond acceptors (Lipinski definition) is 2. The summed E-state index contributed by atoms with van der Waals surface area (Å²) >= 11 is 0. The molecule has 0 bridgehead atoms. The van der Waals surface area contributed by atoms with Crippen LogP contribution in [0.1, 0.15) is 31.2 Å². The number of ether oxygens (including phenoxy) is 2. The van der Waals surface area contributed by atoms with Crippen LogP contribution >= 0.6 is 0 Å². The standard InChI is InChI=1S/C16H16O2/c1-11-10-14-15(13-7-3-2-6-12(11)13)18-16(17-14)8-4-5-9-16/h2-3,6-7,10H,4-5,8-9H2,1H3. The summed E-state index contributed by atoms with van der Waals surface area (Å²) in [5, 5.41) is 2.44. The zero-order valence-electron chi connectivity index (χ0n) is 10.5. The monoisotopic (exact) mass is 240 g/mol. The second-order valence-electron chi connectivity index (χ2n) is 5.39. The quantitative estimate of drug-likeness (QED) is 0.687. The van der Waals surface area contributed by atoms with E-state index < -0.39 is 0 Å². The molecule has 2 heteroatoms. The van der Waals surface area contributed by atoms with Gasteiger partial charge in [-0.15, -0.1) is 0 Å². The third-order valence-electron chi connectivity index (χ3n) is 4.12. The second-order valence-corrected chi connectivity index (χ2v) is 5.39. The Morgan fingerprint density at radius 2 is 1.72 bits per heavy atom. The molecule has 0 atom stereocenters. The van der Waals surface area contributed by atoms with Gasteiger partial charge in [0.25, 0.3) is 5.79 Å². The summed E-state index contributed by atoms with van der Waals surface area (Å²) < 4.78 is 12.3. The van der Waals surface area contributed by atoms with E-state index in [1.807, 2.05) is 0 Å². The molecule has 1 fully saturated rings. The van der Waals surface area contributed by atoms with E-state index in [0.717, 1.165) is 24.3 Å². The highest BCUT2D eigenvalue weighted by Crippen LogP contribution is 2.50. The fraction of sp³-hybridized carbons (Fsp3) is 0.375. The van der Waals surface area contributed by atoms with E-state index >= 15 is 0 Å². The molecule has 1 saturated carbocycles. The van der Waals surface area contributed by atoms with Crippen LogP contribution in [0.3, 0.4) is 0 Å². The zero-order valence-corrected chi connectivity index (χ0v) is 10.5. The van der Waals surface area contributed by atoms with Crippen LogP contribution in [0.4, 0.5) is 0 Å². The molecule has 0 saturated heterocycles. The largest absolute Gasteiger partial charge is 0.448 e. The van der Waals surface area contributed by atoms with Gasteiger partial charge >= 0.3 is 0 Å². The Bertz CT molecular complexity index is 624. The number of benzene rings is 2. The number of aryl methyl sites for hydroxylation is 1. The van der Waals surface area contributed by atoms with Crippen LogP contribution in [0.25, 0.3) is 10.8 Å². The number of hydrogen-bond donors (Lipinski definition) is 0. The Morgan fingerprint density at radius 1 is 1.00 bits per heavy atom. The molecule has 1 heterocycles. The minimum Gasteiger partial charge on any atom is -0.448 e. The van der Waals surface area contributed by atoms with Crippen molar-refractivity contribution in [3.8, 4) is 11.5 Å². The molecule has 0 aromatic heterocycles. The van der Waals surface area contributed by atoms with Crippen molar-refractivity contribution in [2.75, 3.05) is 0 Å². The summed E-state index contributed by atoms with van der Waals surface area (Å²) in [6.07, 6.45) is 4.42. The molecule has 0 radical (unpaired) electrons. The van der Waals surface area contributed by atoms with E-state index in [2.05, 4.69) is 37.3 Å². The van der Waals surface area contributed by atoms with Gasteiger partial charge in [-0.3, -0.25) is 0 Å². The van der Waals surface area contributed by atoms with Crippen LogP contribution in [-0.4, -0.2) is 5.79 Å². The van der Waals surface area contributed by atoms with Crippen molar-refractivity contribution in [3.05, 3.63) is 35.9 Å². The summed E-state index contributed by atoms with van der Waals surface area (Å²) in [5.41, 5.74) is 1.25. The lowest BCUT2D eigenvalue weighted by atomic mass is 10.0. The normalized spacial score (nSPS) is 19.8. The average molecular weight is 240 g/mol. The van der Waals surface area contributed by atoms with Gasteiger partial charge in [0.15, 0.2) is 11.5 Å². The Kier molecular flexibility index (Phi) is 1.94. The fourth-order valence-corrected chi connectivity index (χ4v) is 3.20. The van der Waals surface area contributed by atoms with Crippen molar-refractivity contribution >= 4 is 10.8 Å². The molecule has 92 valence electrons. The number of fused-ring (bicyclic) bond motifs is 3. The van der Waals surface area contributed by atoms with Gasteiger partial charge in [-0.2, -0.15) is 0 Å². The van der Waals surface area contributed by atoms with E-state index in [9.17, 15) is 0 Å². The van der Waals surface area contributed by atoms with Gasteiger partial charge in [-0.25, -0.2) is 0 Å². The lowest BCUT2D eigenvalue weighted by molar-refractivity contribution is -0.0711. The molecular weight excluding hydrogens is 224 g/mol. The van der Waals surface area contributed by atoms with E-state index in [0.29, 0.717) is 0 Å². The van der Waals surface area contributed by atoms with E-state index in [4.69, 9.17) is 9.47 Å². The van der Waals surface area contributed by atoms with Crippen molar-refractivity contribution in [2.24, 2.45) is 0 Å². The fourth-order valence-electron chi connectivity index (χ4n) is 3.20. The van der Waals surface area contributed by atoms with Crippen molar-refractivity contribution in [1.29, 1.82) is 0 Å². The molecule has 2 aromatic rings.